The highest BCUT2D eigenvalue weighted by molar-refractivity contribution is 7.99. The van der Waals surface area contributed by atoms with E-state index < -0.39 is 0 Å². The van der Waals surface area contributed by atoms with Crippen LogP contribution in [0.5, 0.6) is 0 Å². The van der Waals surface area contributed by atoms with E-state index in [2.05, 4.69) is 44.7 Å². The van der Waals surface area contributed by atoms with Crippen molar-refractivity contribution in [2.24, 2.45) is 0 Å². The summed E-state index contributed by atoms with van der Waals surface area (Å²) in [6, 6.07) is 14.2. The first-order valence-electron chi connectivity index (χ1n) is 7.81. The number of nitrogens with one attached hydrogen (secondary N) is 1. The average molecular weight is 328 g/mol. The molecular weight excluding hydrogens is 308 g/mol. The number of carbonyl (C=O) groups excluding carboxylic acids is 1. The second kappa shape index (κ2) is 7.46. The molecule has 120 valence electrons. The SMILES string of the molecule is CCNC(=O)c1ccc(N2CCSC(c3ccccc3)C2)nn1. The molecule has 23 heavy (non-hydrogen) atoms. The molecule has 5 nitrogen and oxygen atoms in total. The molecule has 1 atom stereocenters. The van der Waals surface area contributed by atoms with Gasteiger partial charge in [-0.3, -0.25) is 4.79 Å². The van der Waals surface area contributed by atoms with Crippen LogP contribution in [0.2, 0.25) is 0 Å². The minimum absolute atomic E-state index is 0.178. The van der Waals surface area contributed by atoms with Crippen molar-refractivity contribution in [2.45, 2.75) is 12.2 Å². The Morgan fingerprint density at radius 2 is 2.09 bits per heavy atom. The zero-order valence-electron chi connectivity index (χ0n) is 13.1. The topological polar surface area (TPSA) is 58.1 Å². The molecule has 0 bridgehead atoms. The Morgan fingerprint density at radius 1 is 1.26 bits per heavy atom. The fraction of sp³-hybridized carbons (Fsp3) is 0.353. The first-order chi connectivity index (χ1) is 11.3. The molecule has 2 heterocycles. The summed E-state index contributed by atoms with van der Waals surface area (Å²) in [6.07, 6.45) is 0. The summed E-state index contributed by atoms with van der Waals surface area (Å²) in [5.74, 6) is 1.71. The summed E-state index contributed by atoms with van der Waals surface area (Å²) in [6.45, 7) is 4.33. The second-order valence-electron chi connectivity index (χ2n) is 5.35. The van der Waals surface area contributed by atoms with Crippen LogP contribution in [-0.4, -0.2) is 41.5 Å². The molecular formula is C17H20N4OS. The summed E-state index contributed by atoms with van der Waals surface area (Å²) in [5, 5.41) is 11.5. The van der Waals surface area contributed by atoms with E-state index in [-0.39, 0.29) is 5.91 Å². The van der Waals surface area contributed by atoms with Gasteiger partial charge in [0, 0.05) is 30.6 Å². The van der Waals surface area contributed by atoms with E-state index in [4.69, 9.17) is 0 Å². The molecule has 1 aliphatic heterocycles. The highest BCUT2D eigenvalue weighted by Crippen LogP contribution is 2.34. The molecule has 2 aromatic rings. The van der Waals surface area contributed by atoms with Crippen molar-refractivity contribution in [3.05, 3.63) is 53.7 Å². The fourth-order valence-electron chi connectivity index (χ4n) is 2.59. The van der Waals surface area contributed by atoms with Crippen LogP contribution in [-0.2, 0) is 0 Å². The standard InChI is InChI=1S/C17H20N4OS/c1-2-18-17(22)14-8-9-16(20-19-14)21-10-11-23-15(12-21)13-6-4-3-5-7-13/h3-9,15H,2,10-12H2,1H3,(H,18,22). The normalized spacial score (nSPS) is 17.8. The number of hydrogen-bond acceptors (Lipinski definition) is 5. The molecule has 3 rings (SSSR count). The van der Waals surface area contributed by atoms with Gasteiger partial charge >= 0.3 is 0 Å². The van der Waals surface area contributed by atoms with Gasteiger partial charge in [-0.25, -0.2) is 0 Å². The van der Waals surface area contributed by atoms with Crippen LogP contribution in [0, 0.1) is 0 Å². The summed E-state index contributed by atoms with van der Waals surface area (Å²) < 4.78 is 0. The van der Waals surface area contributed by atoms with Crippen LogP contribution in [0.15, 0.2) is 42.5 Å². The van der Waals surface area contributed by atoms with Crippen molar-refractivity contribution >= 4 is 23.5 Å². The van der Waals surface area contributed by atoms with Gasteiger partial charge in [0.05, 0.1) is 0 Å². The summed E-state index contributed by atoms with van der Waals surface area (Å²) in [5.41, 5.74) is 1.70. The summed E-state index contributed by atoms with van der Waals surface area (Å²) >= 11 is 1.98. The van der Waals surface area contributed by atoms with Crippen molar-refractivity contribution in [1.29, 1.82) is 0 Å². The van der Waals surface area contributed by atoms with Crippen molar-refractivity contribution in [3.8, 4) is 0 Å². The van der Waals surface area contributed by atoms with Crippen molar-refractivity contribution in [2.75, 3.05) is 30.3 Å². The lowest BCUT2D eigenvalue weighted by molar-refractivity contribution is 0.0950. The average Bonchev–Trinajstić information content (AvgIpc) is 2.63. The van der Waals surface area contributed by atoms with E-state index in [1.54, 1.807) is 6.07 Å². The van der Waals surface area contributed by atoms with Crippen molar-refractivity contribution < 1.29 is 4.79 Å². The largest absolute Gasteiger partial charge is 0.353 e. The van der Waals surface area contributed by atoms with E-state index in [0.29, 0.717) is 17.5 Å². The van der Waals surface area contributed by atoms with Gasteiger partial charge in [-0.2, -0.15) is 11.8 Å². The third-order valence-electron chi connectivity index (χ3n) is 3.78. The molecule has 1 N–H and O–H groups in total. The molecule has 1 aromatic heterocycles. The Labute approximate surface area is 140 Å². The van der Waals surface area contributed by atoms with Crippen LogP contribution < -0.4 is 10.2 Å². The van der Waals surface area contributed by atoms with Gasteiger partial charge in [-0.15, -0.1) is 10.2 Å². The first kappa shape index (κ1) is 15.8. The van der Waals surface area contributed by atoms with Crippen LogP contribution in [0.4, 0.5) is 5.82 Å². The summed E-state index contributed by atoms with van der Waals surface area (Å²) in [7, 11) is 0. The minimum Gasteiger partial charge on any atom is -0.353 e. The number of anilines is 1. The van der Waals surface area contributed by atoms with Gasteiger partial charge in [0.25, 0.3) is 5.91 Å². The lowest BCUT2D eigenvalue weighted by Gasteiger charge is -2.33. The predicted octanol–water partition coefficient (Wildman–Crippen LogP) is 2.52. The number of nitrogens with zero attached hydrogens (tertiary/aromatic N) is 3. The van der Waals surface area contributed by atoms with Gasteiger partial charge in [-0.05, 0) is 24.6 Å². The van der Waals surface area contributed by atoms with Crippen molar-refractivity contribution in [3.63, 3.8) is 0 Å². The van der Waals surface area contributed by atoms with Gasteiger partial charge in [0.2, 0.25) is 0 Å². The lowest BCUT2D eigenvalue weighted by atomic mass is 10.1. The predicted molar refractivity (Wildman–Crippen MR) is 93.9 cm³/mol. The zero-order valence-corrected chi connectivity index (χ0v) is 13.9. The lowest BCUT2D eigenvalue weighted by Crippen LogP contribution is -2.35. The van der Waals surface area contributed by atoms with E-state index >= 15 is 0 Å². The molecule has 1 aromatic carbocycles. The Bertz CT molecular complexity index is 647. The fourth-order valence-corrected chi connectivity index (χ4v) is 3.84. The summed E-state index contributed by atoms with van der Waals surface area (Å²) in [4.78, 5) is 14.0. The van der Waals surface area contributed by atoms with Crippen molar-refractivity contribution in [1.82, 2.24) is 15.5 Å². The molecule has 0 spiro atoms. The smallest absolute Gasteiger partial charge is 0.271 e. The first-order valence-corrected chi connectivity index (χ1v) is 8.86. The number of aromatic nitrogens is 2. The molecule has 6 heteroatoms. The Balaban J connectivity index is 1.70. The maximum absolute atomic E-state index is 11.7. The molecule has 1 amide bonds. The Morgan fingerprint density at radius 3 is 2.78 bits per heavy atom. The van der Waals surface area contributed by atoms with Gasteiger partial charge in [-0.1, -0.05) is 30.3 Å². The third kappa shape index (κ3) is 3.82. The van der Waals surface area contributed by atoms with E-state index in [1.165, 1.54) is 5.56 Å². The minimum atomic E-state index is -0.178. The van der Waals surface area contributed by atoms with Crippen LogP contribution in [0.25, 0.3) is 0 Å². The Hall–Kier alpha value is -2.08. The molecule has 0 aliphatic carbocycles. The third-order valence-corrected chi connectivity index (χ3v) is 5.02. The van der Waals surface area contributed by atoms with E-state index in [1.807, 2.05) is 30.8 Å². The van der Waals surface area contributed by atoms with E-state index in [0.717, 1.165) is 24.7 Å². The Kier molecular flexibility index (Phi) is 5.12. The highest BCUT2D eigenvalue weighted by Gasteiger charge is 2.23. The maximum Gasteiger partial charge on any atom is 0.271 e. The molecule has 1 aliphatic rings. The second-order valence-corrected chi connectivity index (χ2v) is 6.66. The number of benzene rings is 1. The molecule has 1 saturated heterocycles. The number of thioether (sulfide) groups is 1. The van der Waals surface area contributed by atoms with E-state index in [9.17, 15) is 4.79 Å². The molecule has 0 radical (unpaired) electrons. The quantitative estimate of drug-likeness (QED) is 0.934. The zero-order chi connectivity index (χ0) is 16.1. The maximum atomic E-state index is 11.7. The van der Waals surface area contributed by atoms with Crippen LogP contribution in [0.1, 0.15) is 28.2 Å². The number of amides is 1. The molecule has 1 unspecified atom stereocenters. The highest BCUT2D eigenvalue weighted by atomic mass is 32.2. The van der Waals surface area contributed by atoms with Gasteiger partial charge in [0.1, 0.15) is 0 Å². The monoisotopic (exact) mass is 328 g/mol. The van der Waals surface area contributed by atoms with Gasteiger partial charge in [0.15, 0.2) is 11.5 Å². The number of rotatable bonds is 4. The molecule has 0 saturated carbocycles. The number of hydrogen-bond donors (Lipinski definition) is 1. The molecule has 1 fully saturated rings. The van der Waals surface area contributed by atoms with Crippen LogP contribution >= 0.6 is 11.8 Å². The number of carbonyl (C=O) groups is 1. The van der Waals surface area contributed by atoms with Crippen LogP contribution in [0.3, 0.4) is 0 Å². The van der Waals surface area contributed by atoms with Gasteiger partial charge < -0.3 is 10.2 Å².